The average Bonchev–Trinajstić information content (AvgIpc) is 2.46. The van der Waals surface area contributed by atoms with Crippen molar-refractivity contribution < 1.29 is 5.11 Å². The minimum absolute atomic E-state index is 0.362. The van der Waals surface area contributed by atoms with Crippen LogP contribution in [-0.4, -0.2) is 41.7 Å². The number of hydrogen-bond acceptors (Lipinski definition) is 3. The second kappa shape index (κ2) is 6.15. The maximum Gasteiger partial charge on any atom is 0.115 e. The smallest absolute Gasteiger partial charge is 0.115 e. The highest BCUT2D eigenvalue weighted by Gasteiger charge is 2.37. The summed E-state index contributed by atoms with van der Waals surface area (Å²) in [5.41, 5.74) is 1.33. The fourth-order valence-electron chi connectivity index (χ4n) is 4.00. The molecule has 3 rings (SSSR count). The number of hydrogen-bond donors (Lipinski definition) is 2. The molecule has 0 amide bonds. The van der Waals surface area contributed by atoms with Crippen molar-refractivity contribution >= 4 is 0 Å². The summed E-state index contributed by atoms with van der Waals surface area (Å²) in [6, 6.07) is 9.95. The summed E-state index contributed by atoms with van der Waals surface area (Å²) in [5, 5.41) is 12.8. The van der Waals surface area contributed by atoms with E-state index in [4.69, 9.17) is 0 Å². The number of rotatable bonds is 4. The van der Waals surface area contributed by atoms with Gasteiger partial charge in [0.25, 0.3) is 0 Å². The van der Waals surface area contributed by atoms with Gasteiger partial charge >= 0.3 is 0 Å². The minimum atomic E-state index is 0.362. The molecule has 0 radical (unpaired) electrons. The second-order valence-corrected chi connectivity index (χ2v) is 6.35. The summed E-state index contributed by atoms with van der Waals surface area (Å²) >= 11 is 0. The van der Waals surface area contributed by atoms with E-state index in [1.807, 2.05) is 12.1 Å². The molecule has 2 saturated heterocycles. The molecule has 0 saturated carbocycles. The van der Waals surface area contributed by atoms with Gasteiger partial charge in [-0.3, -0.25) is 4.90 Å². The molecule has 2 atom stereocenters. The van der Waals surface area contributed by atoms with Gasteiger partial charge in [-0.15, -0.1) is 0 Å². The SMILES string of the molecule is CNC1CC2CCCC(C1)N2CCc1ccc(O)cc1. The molecule has 2 heterocycles. The molecule has 2 bridgehead atoms. The standard InChI is InChI=1S/C17H26N2O/c1-18-14-11-15-3-2-4-16(12-14)19(15)10-9-13-5-7-17(20)8-6-13/h5-8,14-16,18,20H,2-4,9-12H2,1H3. The van der Waals surface area contributed by atoms with Crippen LogP contribution in [0, 0.1) is 0 Å². The van der Waals surface area contributed by atoms with Crippen molar-refractivity contribution in [1.29, 1.82) is 0 Å². The van der Waals surface area contributed by atoms with Crippen molar-refractivity contribution in [2.45, 2.75) is 56.7 Å². The van der Waals surface area contributed by atoms with E-state index in [1.54, 1.807) is 12.1 Å². The second-order valence-electron chi connectivity index (χ2n) is 6.35. The van der Waals surface area contributed by atoms with E-state index in [0.29, 0.717) is 5.75 Å². The maximum atomic E-state index is 9.34. The molecule has 3 heteroatoms. The summed E-state index contributed by atoms with van der Waals surface area (Å²) < 4.78 is 0. The molecule has 3 nitrogen and oxygen atoms in total. The van der Waals surface area contributed by atoms with E-state index in [0.717, 1.165) is 31.1 Å². The quantitative estimate of drug-likeness (QED) is 0.885. The van der Waals surface area contributed by atoms with Crippen LogP contribution in [0.4, 0.5) is 0 Å². The molecule has 20 heavy (non-hydrogen) atoms. The molecular formula is C17H26N2O. The lowest BCUT2D eigenvalue weighted by atomic mass is 9.81. The lowest BCUT2D eigenvalue weighted by molar-refractivity contribution is 0.0271. The maximum absolute atomic E-state index is 9.34. The Labute approximate surface area is 122 Å². The number of phenolic OH excluding ortho intramolecular Hbond substituents is 1. The third-order valence-electron chi connectivity index (χ3n) is 5.13. The van der Waals surface area contributed by atoms with Crippen molar-refractivity contribution in [1.82, 2.24) is 10.2 Å². The first-order valence-electron chi connectivity index (χ1n) is 7.97. The number of phenols is 1. The van der Waals surface area contributed by atoms with E-state index in [2.05, 4.69) is 17.3 Å². The van der Waals surface area contributed by atoms with E-state index >= 15 is 0 Å². The van der Waals surface area contributed by atoms with Crippen LogP contribution in [0.15, 0.2) is 24.3 Å². The zero-order valence-electron chi connectivity index (χ0n) is 12.4. The Hall–Kier alpha value is -1.06. The lowest BCUT2D eigenvalue weighted by Crippen LogP contribution is -2.56. The van der Waals surface area contributed by atoms with Crippen LogP contribution < -0.4 is 5.32 Å². The molecule has 0 spiro atoms. The molecular weight excluding hydrogens is 248 g/mol. The molecule has 2 aliphatic heterocycles. The van der Waals surface area contributed by atoms with Crippen LogP contribution in [0.5, 0.6) is 5.75 Å². The van der Waals surface area contributed by atoms with E-state index in [-0.39, 0.29) is 0 Å². The van der Waals surface area contributed by atoms with E-state index in [9.17, 15) is 5.11 Å². The third-order valence-corrected chi connectivity index (χ3v) is 5.13. The normalized spacial score (nSPS) is 30.4. The van der Waals surface area contributed by atoms with Gasteiger partial charge in [-0.1, -0.05) is 18.6 Å². The summed E-state index contributed by atoms with van der Waals surface area (Å²) in [4.78, 5) is 2.75. The van der Waals surface area contributed by atoms with Gasteiger partial charge in [0.2, 0.25) is 0 Å². The predicted octanol–water partition coefficient (Wildman–Crippen LogP) is 2.54. The Morgan fingerprint density at radius 1 is 1.15 bits per heavy atom. The highest BCUT2D eigenvalue weighted by Crippen LogP contribution is 2.34. The topological polar surface area (TPSA) is 35.5 Å². The molecule has 0 aliphatic carbocycles. The van der Waals surface area contributed by atoms with Gasteiger partial charge in [-0.25, -0.2) is 0 Å². The molecule has 110 valence electrons. The highest BCUT2D eigenvalue weighted by atomic mass is 16.3. The number of nitrogens with zero attached hydrogens (tertiary/aromatic N) is 1. The Bertz CT molecular complexity index is 417. The van der Waals surface area contributed by atoms with Crippen molar-refractivity contribution in [2.75, 3.05) is 13.6 Å². The van der Waals surface area contributed by atoms with Gasteiger partial charge in [-0.2, -0.15) is 0 Å². The number of piperidine rings is 2. The van der Waals surface area contributed by atoms with Gasteiger partial charge in [0.1, 0.15) is 5.75 Å². The van der Waals surface area contributed by atoms with Crippen LogP contribution in [-0.2, 0) is 6.42 Å². The Balaban J connectivity index is 1.60. The van der Waals surface area contributed by atoms with Crippen molar-refractivity contribution in [3.8, 4) is 5.75 Å². The van der Waals surface area contributed by atoms with Gasteiger partial charge in [0, 0.05) is 24.7 Å². The summed E-state index contributed by atoms with van der Waals surface area (Å²) in [7, 11) is 2.10. The fraction of sp³-hybridized carbons (Fsp3) is 0.647. The van der Waals surface area contributed by atoms with Crippen LogP contribution in [0.2, 0.25) is 0 Å². The molecule has 1 aromatic carbocycles. The Morgan fingerprint density at radius 2 is 1.80 bits per heavy atom. The van der Waals surface area contributed by atoms with Crippen LogP contribution in [0.1, 0.15) is 37.7 Å². The van der Waals surface area contributed by atoms with Gasteiger partial charge in [0.05, 0.1) is 0 Å². The summed E-state index contributed by atoms with van der Waals surface area (Å²) in [5.74, 6) is 0.362. The molecule has 2 fully saturated rings. The van der Waals surface area contributed by atoms with E-state index in [1.165, 1.54) is 37.7 Å². The monoisotopic (exact) mass is 274 g/mol. The summed E-state index contributed by atoms with van der Waals surface area (Å²) in [6.45, 7) is 1.16. The zero-order valence-corrected chi connectivity index (χ0v) is 12.4. The highest BCUT2D eigenvalue weighted by molar-refractivity contribution is 5.26. The molecule has 2 N–H and O–H groups in total. The van der Waals surface area contributed by atoms with Gasteiger partial charge in [-0.05, 0) is 56.8 Å². The fourth-order valence-corrected chi connectivity index (χ4v) is 4.00. The van der Waals surface area contributed by atoms with Crippen molar-refractivity contribution in [3.05, 3.63) is 29.8 Å². The molecule has 0 aromatic heterocycles. The molecule has 1 aromatic rings. The third kappa shape index (κ3) is 2.99. The van der Waals surface area contributed by atoms with Crippen molar-refractivity contribution in [2.24, 2.45) is 0 Å². The minimum Gasteiger partial charge on any atom is -0.508 e. The number of benzene rings is 1. The first-order chi connectivity index (χ1) is 9.76. The molecule has 2 aliphatic rings. The number of aromatic hydroxyl groups is 1. The first-order valence-corrected chi connectivity index (χ1v) is 7.97. The summed E-state index contributed by atoms with van der Waals surface area (Å²) in [6.07, 6.45) is 7.85. The number of nitrogens with one attached hydrogen (secondary N) is 1. The van der Waals surface area contributed by atoms with Crippen LogP contribution in [0.3, 0.4) is 0 Å². The average molecular weight is 274 g/mol. The Kier molecular flexibility index (Phi) is 4.27. The van der Waals surface area contributed by atoms with Crippen LogP contribution >= 0.6 is 0 Å². The van der Waals surface area contributed by atoms with Crippen LogP contribution in [0.25, 0.3) is 0 Å². The zero-order chi connectivity index (χ0) is 13.9. The largest absolute Gasteiger partial charge is 0.508 e. The number of fused-ring (bicyclic) bond motifs is 2. The van der Waals surface area contributed by atoms with Gasteiger partial charge < -0.3 is 10.4 Å². The van der Waals surface area contributed by atoms with Crippen molar-refractivity contribution in [3.63, 3.8) is 0 Å². The predicted molar refractivity (Wildman–Crippen MR) is 82.0 cm³/mol. The Morgan fingerprint density at radius 3 is 2.40 bits per heavy atom. The van der Waals surface area contributed by atoms with E-state index < -0.39 is 0 Å². The lowest BCUT2D eigenvalue weighted by Gasteiger charge is -2.49. The van der Waals surface area contributed by atoms with Gasteiger partial charge in [0.15, 0.2) is 0 Å². The molecule has 2 unspecified atom stereocenters. The first kappa shape index (κ1) is 13.9.